The molecule has 3 rings (SSSR count). The number of rotatable bonds is 4. The molecule has 1 aromatic heterocycles. The monoisotopic (exact) mass is 230 g/mol. The lowest BCUT2D eigenvalue weighted by Gasteiger charge is -2.14. The normalized spacial score (nSPS) is 17.5. The quantitative estimate of drug-likeness (QED) is 0.616. The SMILES string of the molecule is Cn1c(CC(NN)C2CC2)nc2ccccc21. The number of aromatic nitrogens is 2. The van der Waals surface area contributed by atoms with Crippen LogP contribution in [0.3, 0.4) is 0 Å². The Morgan fingerprint density at radius 1 is 1.47 bits per heavy atom. The van der Waals surface area contributed by atoms with Gasteiger partial charge in [0.2, 0.25) is 0 Å². The summed E-state index contributed by atoms with van der Waals surface area (Å²) in [6.07, 6.45) is 3.49. The molecule has 1 heterocycles. The number of fused-ring (bicyclic) bond motifs is 1. The van der Waals surface area contributed by atoms with Crippen molar-refractivity contribution >= 4 is 11.0 Å². The highest BCUT2D eigenvalue weighted by Gasteiger charge is 2.31. The smallest absolute Gasteiger partial charge is 0.111 e. The van der Waals surface area contributed by atoms with E-state index in [4.69, 9.17) is 5.84 Å². The molecule has 4 nitrogen and oxygen atoms in total. The van der Waals surface area contributed by atoms with Gasteiger partial charge in [0.1, 0.15) is 5.82 Å². The number of benzene rings is 1. The van der Waals surface area contributed by atoms with Gasteiger partial charge in [-0.15, -0.1) is 0 Å². The highest BCUT2D eigenvalue weighted by molar-refractivity contribution is 5.75. The molecule has 0 radical (unpaired) electrons. The van der Waals surface area contributed by atoms with Crippen LogP contribution in [0.5, 0.6) is 0 Å². The van der Waals surface area contributed by atoms with Crippen molar-refractivity contribution in [1.82, 2.24) is 15.0 Å². The molecular formula is C13H18N4. The first-order valence-electron chi connectivity index (χ1n) is 6.16. The molecule has 90 valence electrons. The average Bonchev–Trinajstić information content (AvgIpc) is 3.14. The van der Waals surface area contributed by atoms with Crippen LogP contribution >= 0.6 is 0 Å². The van der Waals surface area contributed by atoms with E-state index in [0.717, 1.165) is 23.7 Å². The standard InChI is InChI=1S/C13H18N4/c1-17-12-5-3-2-4-10(12)15-13(17)8-11(16-14)9-6-7-9/h2-5,9,11,16H,6-8,14H2,1H3. The predicted molar refractivity (Wildman–Crippen MR) is 68.3 cm³/mol. The Balaban J connectivity index is 1.91. The van der Waals surface area contributed by atoms with Gasteiger partial charge in [-0.25, -0.2) is 4.98 Å². The predicted octanol–water partition coefficient (Wildman–Crippen LogP) is 1.36. The lowest BCUT2D eigenvalue weighted by atomic mass is 10.1. The topological polar surface area (TPSA) is 55.9 Å². The Labute approximate surface area is 101 Å². The van der Waals surface area contributed by atoms with Crippen molar-refractivity contribution in [3.8, 4) is 0 Å². The van der Waals surface area contributed by atoms with E-state index in [1.807, 2.05) is 12.1 Å². The maximum absolute atomic E-state index is 5.62. The number of hydrogen-bond acceptors (Lipinski definition) is 3. The van der Waals surface area contributed by atoms with Gasteiger partial charge in [-0.1, -0.05) is 12.1 Å². The fraction of sp³-hybridized carbons (Fsp3) is 0.462. The summed E-state index contributed by atoms with van der Waals surface area (Å²) in [6, 6.07) is 8.60. The van der Waals surface area contributed by atoms with Gasteiger partial charge in [0, 0.05) is 19.5 Å². The van der Waals surface area contributed by atoms with E-state index in [0.29, 0.717) is 6.04 Å². The van der Waals surface area contributed by atoms with Gasteiger partial charge < -0.3 is 4.57 Å². The molecule has 0 spiro atoms. The van der Waals surface area contributed by atoms with Crippen molar-refractivity contribution in [2.45, 2.75) is 25.3 Å². The fourth-order valence-electron chi connectivity index (χ4n) is 2.43. The molecule has 1 aliphatic rings. The molecule has 3 N–H and O–H groups in total. The first-order chi connectivity index (χ1) is 8.29. The molecule has 1 aliphatic carbocycles. The molecule has 1 saturated carbocycles. The Hall–Kier alpha value is -1.39. The van der Waals surface area contributed by atoms with Gasteiger partial charge in [0.15, 0.2) is 0 Å². The van der Waals surface area contributed by atoms with Gasteiger partial charge in [0.05, 0.1) is 11.0 Å². The van der Waals surface area contributed by atoms with E-state index in [1.165, 1.54) is 18.4 Å². The molecule has 1 unspecified atom stereocenters. The van der Waals surface area contributed by atoms with Crippen LogP contribution in [0.25, 0.3) is 11.0 Å². The Bertz CT molecular complexity index is 527. The molecule has 0 bridgehead atoms. The van der Waals surface area contributed by atoms with Crippen molar-refractivity contribution in [2.24, 2.45) is 18.8 Å². The second kappa shape index (κ2) is 4.13. The highest BCUT2D eigenvalue weighted by atomic mass is 15.2. The number of nitrogens with zero attached hydrogens (tertiary/aromatic N) is 2. The number of aryl methyl sites for hydroxylation is 1. The molecular weight excluding hydrogens is 212 g/mol. The molecule has 2 aromatic rings. The molecule has 1 aromatic carbocycles. The number of para-hydroxylation sites is 2. The maximum atomic E-state index is 5.62. The number of imidazole rings is 1. The minimum atomic E-state index is 0.366. The van der Waals surface area contributed by atoms with Gasteiger partial charge in [-0.2, -0.15) is 0 Å². The zero-order valence-corrected chi connectivity index (χ0v) is 10.1. The van der Waals surface area contributed by atoms with E-state index in [2.05, 4.69) is 34.2 Å². The molecule has 0 aliphatic heterocycles. The van der Waals surface area contributed by atoms with E-state index in [1.54, 1.807) is 0 Å². The molecule has 4 heteroatoms. The van der Waals surface area contributed by atoms with Crippen molar-refractivity contribution in [2.75, 3.05) is 0 Å². The summed E-state index contributed by atoms with van der Waals surface area (Å²) in [5.41, 5.74) is 5.19. The molecule has 1 atom stereocenters. The minimum Gasteiger partial charge on any atom is -0.331 e. The third-order valence-corrected chi connectivity index (χ3v) is 3.69. The molecule has 1 fully saturated rings. The molecule has 0 saturated heterocycles. The summed E-state index contributed by atoms with van der Waals surface area (Å²) < 4.78 is 2.17. The average molecular weight is 230 g/mol. The second-order valence-electron chi connectivity index (χ2n) is 4.89. The summed E-state index contributed by atoms with van der Waals surface area (Å²) in [6.45, 7) is 0. The maximum Gasteiger partial charge on any atom is 0.111 e. The van der Waals surface area contributed by atoms with Crippen molar-refractivity contribution in [3.05, 3.63) is 30.1 Å². The summed E-state index contributed by atoms with van der Waals surface area (Å²) in [7, 11) is 2.07. The van der Waals surface area contributed by atoms with E-state index in [-0.39, 0.29) is 0 Å². The Kier molecular flexibility index (Phi) is 2.61. The number of nitrogens with two attached hydrogens (primary N) is 1. The number of hydrogen-bond donors (Lipinski definition) is 2. The van der Waals surface area contributed by atoms with Crippen LogP contribution in [0, 0.1) is 5.92 Å². The van der Waals surface area contributed by atoms with Gasteiger partial charge in [0.25, 0.3) is 0 Å². The van der Waals surface area contributed by atoms with Crippen LogP contribution in [0.2, 0.25) is 0 Å². The van der Waals surface area contributed by atoms with Crippen molar-refractivity contribution in [1.29, 1.82) is 0 Å². The van der Waals surface area contributed by atoms with Gasteiger partial charge >= 0.3 is 0 Å². The zero-order chi connectivity index (χ0) is 11.8. The number of nitrogens with one attached hydrogen (secondary N) is 1. The lowest BCUT2D eigenvalue weighted by molar-refractivity contribution is 0.459. The second-order valence-corrected chi connectivity index (χ2v) is 4.89. The molecule has 17 heavy (non-hydrogen) atoms. The largest absolute Gasteiger partial charge is 0.331 e. The first-order valence-corrected chi connectivity index (χ1v) is 6.16. The third kappa shape index (κ3) is 1.94. The van der Waals surface area contributed by atoms with Crippen LogP contribution in [-0.2, 0) is 13.5 Å². The van der Waals surface area contributed by atoms with Crippen LogP contribution in [-0.4, -0.2) is 15.6 Å². The summed E-state index contributed by atoms with van der Waals surface area (Å²) >= 11 is 0. The van der Waals surface area contributed by atoms with E-state index >= 15 is 0 Å². The van der Waals surface area contributed by atoms with Crippen LogP contribution in [0.4, 0.5) is 0 Å². The molecule has 0 amide bonds. The first kappa shape index (κ1) is 10.7. The summed E-state index contributed by atoms with van der Waals surface area (Å²) in [5, 5.41) is 0. The summed E-state index contributed by atoms with van der Waals surface area (Å²) in [5.74, 6) is 7.47. The van der Waals surface area contributed by atoms with Crippen molar-refractivity contribution in [3.63, 3.8) is 0 Å². The van der Waals surface area contributed by atoms with E-state index in [9.17, 15) is 0 Å². The summed E-state index contributed by atoms with van der Waals surface area (Å²) in [4.78, 5) is 4.68. The van der Waals surface area contributed by atoms with Gasteiger partial charge in [-0.05, 0) is 30.9 Å². The minimum absolute atomic E-state index is 0.366. The third-order valence-electron chi connectivity index (χ3n) is 3.69. The Morgan fingerprint density at radius 2 is 2.24 bits per heavy atom. The van der Waals surface area contributed by atoms with Crippen LogP contribution < -0.4 is 11.3 Å². The van der Waals surface area contributed by atoms with Crippen molar-refractivity contribution < 1.29 is 0 Å². The highest BCUT2D eigenvalue weighted by Crippen LogP contribution is 2.33. The fourth-order valence-corrected chi connectivity index (χ4v) is 2.43. The van der Waals surface area contributed by atoms with Crippen LogP contribution in [0.1, 0.15) is 18.7 Å². The lowest BCUT2D eigenvalue weighted by Crippen LogP contribution is -2.39. The van der Waals surface area contributed by atoms with Gasteiger partial charge in [-0.3, -0.25) is 11.3 Å². The Morgan fingerprint density at radius 3 is 2.88 bits per heavy atom. The van der Waals surface area contributed by atoms with E-state index < -0.39 is 0 Å². The van der Waals surface area contributed by atoms with Crippen LogP contribution in [0.15, 0.2) is 24.3 Å². The number of hydrazine groups is 1. The zero-order valence-electron chi connectivity index (χ0n) is 10.1.